The lowest BCUT2D eigenvalue weighted by Crippen LogP contribution is -2.62. The van der Waals surface area contributed by atoms with Crippen molar-refractivity contribution in [3.8, 4) is 0 Å². The molecular formula is C31H31Cl4NO7. The van der Waals surface area contributed by atoms with Crippen molar-refractivity contribution >= 4 is 58.3 Å². The first-order chi connectivity index (χ1) is 20.7. The second-order valence-corrected chi connectivity index (χ2v) is 12.1. The summed E-state index contributed by atoms with van der Waals surface area (Å²) in [4.78, 5) is 12.5. The van der Waals surface area contributed by atoms with Gasteiger partial charge in [0.25, 0.3) is 3.79 Å². The third kappa shape index (κ3) is 10.3. The summed E-state index contributed by atoms with van der Waals surface area (Å²) in [5, 5.41) is 8.19. The van der Waals surface area contributed by atoms with Crippen LogP contribution in [0.25, 0.3) is 0 Å². The summed E-state index contributed by atoms with van der Waals surface area (Å²) >= 11 is 23.5. The van der Waals surface area contributed by atoms with Gasteiger partial charge in [0.05, 0.1) is 26.4 Å². The minimum atomic E-state index is -2.20. The molecule has 3 aromatic rings. The van der Waals surface area contributed by atoms with Gasteiger partial charge >= 0.3 is 5.97 Å². The highest BCUT2D eigenvalue weighted by atomic mass is 35.6. The number of nitrogens with one attached hydrogen (secondary N) is 1. The Morgan fingerprint density at radius 2 is 1.21 bits per heavy atom. The number of halogens is 4. The van der Waals surface area contributed by atoms with E-state index in [4.69, 9.17) is 80.2 Å². The third-order valence-corrected chi connectivity index (χ3v) is 7.16. The van der Waals surface area contributed by atoms with Gasteiger partial charge in [0, 0.05) is 0 Å². The molecule has 1 fully saturated rings. The van der Waals surface area contributed by atoms with Crippen molar-refractivity contribution in [2.24, 2.45) is 0 Å². The van der Waals surface area contributed by atoms with E-state index in [1.54, 1.807) is 0 Å². The molecule has 0 radical (unpaired) electrons. The summed E-state index contributed by atoms with van der Waals surface area (Å²) in [6.07, 6.45) is -5.28. The molecule has 1 aliphatic rings. The Morgan fingerprint density at radius 3 is 1.70 bits per heavy atom. The van der Waals surface area contributed by atoms with Crippen molar-refractivity contribution in [1.29, 1.82) is 5.41 Å². The van der Waals surface area contributed by atoms with Crippen LogP contribution in [0.3, 0.4) is 0 Å². The molecule has 8 nitrogen and oxygen atoms in total. The number of benzene rings is 3. The minimum absolute atomic E-state index is 0.0384. The zero-order valence-corrected chi connectivity index (χ0v) is 26.0. The maximum absolute atomic E-state index is 12.5. The maximum atomic E-state index is 12.5. The van der Waals surface area contributed by atoms with Crippen molar-refractivity contribution in [2.45, 2.75) is 54.3 Å². The van der Waals surface area contributed by atoms with E-state index in [1.165, 1.54) is 0 Å². The van der Waals surface area contributed by atoms with Gasteiger partial charge in [-0.2, -0.15) is 0 Å². The van der Waals surface area contributed by atoms with Crippen LogP contribution in [0.4, 0.5) is 0 Å². The first kappa shape index (κ1) is 33.5. The zero-order chi connectivity index (χ0) is 30.7. The van der Waals surface area contributed by atoms with E-state index in [0.29, 0.717) is 6.61 Å². The lowest BCUT2D eigenvalue weighted by atomic mass is 9.98. The highest BCUT2D eigenvalue weighted by Gasteiger charge is 2.52. The summed E-state index contributed by atoms with van der Waals surface area (Å²) in [6.45, 7) is 0.664. The van der Waals surface area contributed by atoms with Crippen LogP contribution in [-0.2, 0) is 53.0 Å². The fourth-order valence-electron chi connectivity index (χ4n) is 4.39. The van der Waals surface area contributed by atoms with Gasteiger partial charge in [-0.05, 0) is 16.7 Å². The summed E-state index contributed by atoms with van der Waals surface area (Å²) in [6, 6.07) is 28.6. The molecule has 0 bridgehead atoms. The fraction of sp³-hybridized carbons (Fsp3) is 0.355. The molecule has 1 N–H and O–H groups in total. The average Bonchev–Trinajstić information content (AvgIpc) is 3.01. The molecule has 1 saturated heterocycles. The lowest BCUT2D eigenvalue weighted by molar-refractivity contribution is -0.305. The van der Waals surface area contributed by atoms with Gasteiger partial charge in [0.15, 0.2) is 6.10 Å². The van der Waals surface area contributed by atoms with Crippen LogP contribution >= 0.6 is 46.4 Å². The van der Waals surface area contributed by atoms with E-state index < -0.39 is 52.2 Å². The average molecular weight is 671 g/mol. The van der Waals surface area contributed by atoms with E-state index in [2.05, 4.69) is 0 Å². The number of ether oxygens (including phenoxy) is 6. The van der Waals surface area contributed by atoms with E-state index in [0.717, 1.165) is 16.7 Å². The highest BCUT2D eigenvalue weighted by molar-refractivity contribution is 6.76. The van der Waals surface area contributed by atoms with Crippen molar-refractivity contribution < 1.29 is 33.2 Å². The Morgan fingerprint density at radius 1 is 0.721 bits per heavy atom. The lowest BCUT2D eigenvalue weighted by Gasteiger charge is -2.45. The quantitative estimate of drug-likeness (QED) is 0.0946. The second-order valence-electron chi connectivity index (χ2n) is 9.60. The minimum Gasteiger partial charge on any atom is -0.452 e. The molecule has 230 valence electrons. The molecule has 1 heterocycles. The molecule has 3 aromatic carbocycles. The number of carbonyl (C=O) groups excluding carboxylic acids is 1. The Balaban J connectivity index is 1.66. The Kier molecular flexibility index (Phi) is 12.9. The van der Waals surface area contributed by atoms with Crippen LogP contribution in [0.15, 0.2) is 91.0 Å². The molecule has 12 heteroatoms. The van der Waals surface area contributed by atoms with Gasteiger partial charge in [-0.3, -0.25) is 10.2 Å². The predicted molar refractivity (Wildman–Crippen MR) is 164 cm³/mol. The molecular weight excluding hydrogens is 640 g/mol. The van der Waals surface area contributed by atoms with Gasteiger partial charge in [-0.1, -0.05) is 126 Å². The van der Waals surface area contributed by atoms with Crippen LogP contribution in [0.5, 0.6) is 0 Å². The van der Waals surface area contributed by atoms with Gasteiger partial charge < -0.3 is 28.4 Å². The van der Waals surface area contributed by atoms with Crippen molar-refractivity contribution in [1.82, 2.24) is 0 Å². The van der Waals surface area contributed by atoms with Crippen LogP contribution in [0.1, 0.15) is 16.7 Å². The molecule has 0 unspecified atom stereocenters. The molecule has 43 heavy (non-hydrogen) atoms. The summed E-state index contributed by atoms with van der Waals surface area (Å²) in [7, 11) is 0. The molecule has 0 aromatic heterocycles. The van der Waals surface area contributed by atoms with Crippen LogP contribution < -0.4 is 0 Å². The van der Waals surface area contributed by atoms with Crippen LogP contribution in [0.2, 0.25) is 0 Å². The van der Waals surface area contributed by atoms with Gasteiger partial charge in [0.2, 0.25) is 12.2 Å². The highest BCUT2D eigenvalue weighted by Crippen LogP contribution is 2.34. The normalized spacial score (nSPS) is 22.1. The molecule has 5 atom stereocenters. The number of hydrogen-bond donors (Lipinski definition) is 1. The monoisotopic (exact) mass is 669 g/mol. The van der Waals surface area contributed by atoms with E-state index in [-0.39, 0.29) is 19.8 Å². The van der Waals surface area contributed by atoms with E-state index in [1.807, 2.05) is 91.0 Å². The first-order valence-corrected chi connectivity index (χ1v) is 15.1. The van der Waals surface area contributed by atoms with Gasteiger partial charge in [-0.15, -0.1) is 11.6 Å². The topological polar surface area (TPSA) is 96.3 Å². The van der Waals surface area contributed by atoms with Crippen LogP contribution in [-0.4, -0.2) is 58.9 Å². The largest absolute Gasteiger partial charge is 0.452 e. The first-order valence-electron chi connectivity index (χ1n) is 13.4. The number of hydrogen-bond acceptors (Lipinski definition) is 8. The Hall–Kier alpha value is -2.40. The van der Waals surface area contributed by atoms with E-state index >= 15 is 0 Å². The van der Waals surface area contributed by atoms with Crippen molar-refractivity contribution in [2.75, 3.05) is 12.5 Å². The number of rotatable bonds is 13. The molecule has 4 rings (SSSR count). The molecule has 0 amide bonds. The standard InChI is InChI=1S/C31H31Cl4NO7/c32-16-25(37)42-28-27(40-19-23-14-8-3-9-15-23)26(39-18-22-12-6-2-7-13-22)24(20-38-17-21-10-4-1-5-11-21)41-29(28)43-30(36)31(33,34)35/h1-15,24,26-29,36H,16-20H2/t24-,26+,27+,28-,29+/m1/s1. The summed E-state index contributed by atoms with van der Waals surface area (Å²) in [5.41, 5.74) is 2.72. The fourth-order valence-corrected chi connectivity index (χ4v) is 4.59. The number of carbonyl (C=O) groups is 1. The van der Waals surface area contributed by atoms with Crippen molar-refractivity contribution in [3.63, 3.8) is 0 Å². The zero-order valence-electron chi connectivity index (χ0n) is 23.0. The smallest absolute Gasteiger partial charge is 0.321 e. The van der Waals surface area contributed by atoms with Gasteiger partial charge in [-0.25, -0.2) is 0 Å². The predicted octanol–water partition coefficient (Wildman–Crippen LogP) is 6.61. The summed E-state index contributed by atoms with van der Waals surface area (Å²) in [5.74, 6) is -1.95. The third-order valence-electron chi connectivity index (χ3n) is 6.42. The van der Waals surface area contributed by atoms with Gasteiger partial charge in [0.1, 0.15) is 24.2 Å². The van der Waals surface area contributed by atoms with Crippen molar-refractivity contribution in [3.05, 3.63) is 108 Å². The SMILES string of the molecule is N=C(O[C@@H]1O[C@H](COCc2ccccc2)[C@H](OCc2ccccc2)[C@H](OCc2ccccc2)[C@H]1OC(=O)CCl)C(Cl)(Cl)Cl. The second kappa shape index (κ2) is 16.6. The van der Waals surface area contributed by atoms with Crippen LogP contribution in [0, 0.1) is 5.41 Å². The molecule has 0 spiro atoms. The Bertz CT molecular complexity index is 1280. The Labute approximate surface area is 270 Å². The number of alkyl halides is 4. The summed E-state index contributed by atoms with van der Waals surface area (Å²) < 4.78 is 34.2. The van der Waals surface area contributed by atoms with E-state index in [9.17, 15) is 4.79 Å². The maximum Gasteiger partial charge on any atom is 0.321 e. The number of esters is 1. The molecule has 1 aliphatic heterocycles. The molecule has 0 saturated carbocycles. The molecule has 0 aliphatic carbocycles.